The summed E-state index contributed by atoms with van der Waals surface area (Å²) in [6.45, 7) is -0.128. The fraction of sp³-hybridized carbons (Fsp3) is 0.364. The van der Waals surface area contributed by atoms with Crippen molar-refractivity contribution in [3.05, 3.63) is 29.3 Å². The maximum atomic E-state index is 11.3. The van der Waals surface area contributed by atoms with Gasteiger partial charge in [0.1, 0.15) is 22.2 Å². The number of carbonyl (C=O) groups excluding carboxylic acids is 1. The van der Waals surface area contributed by atoms with Gasteiger partial charge in [-0.05, 0) is 24.3 Å². The first-order valence-corrected chi connectivity index (χ1v) is 7.38. The number of hydrogen-bond acceptors (Lipinski definition) is 4. The van der Waals surface area contributed by atoms with E-state index in [2.05, 4.69) is 0 Å². The van der Waals surface area contributed by atoms with E-state index in [9.17, 15) is 13.2 Å². The highest BCUT2D eigenvalue weighted by atomic mass is 35.5. The van der Waals surface area contributed by atoms with Gasteiger partial charge < -0.3 is 4.74 Å². The Morgan fingerprint density at radius 2 is 1.88 bits per heavy atom. The first-order chi connectivity index (χ1) is 7.87. The molecular formula is C11H13ClO4S. The van der Waals surface area contributed by atoms with Gasteiger partial charge in [0.05, 0.1) is 5.75 Å². The first kappa shape index (κ1) is 14.0. The Hall–Kier alpha value is -1.07. The molecule has 0 N–H and O–H groups in total. The topological polar surface area (TPSA) is 60.4 Å². The Kier molecular flexibility index (Phi) is 4.96. The van der Waals surface area contributed by atoms with Crippen LogP contribution in [0.2, 0.25) is 5.02 Å². The molecule has 0 aliphatic heterocycles. The fourth-order valence-corrected chi connectivity index (χ4v) is 1.79. The summed E-state index contributed by atoms with van der Waals surface area (Å²) in [6.07, 6.45) is 1.08. The quantitative estimate of drug-likeness (QED) is 0.794. The van der Waals surface area contributed by atoms with Gasteiger partial charge in [0.2, 0.25) is 0 Å². The van der Waals surface area contributed by atoms with Gasteiger partial charge in [-0.25, -0.2) is 8.42 Å². The van der Waals surface area contributed by atoms with Gasteiger partial charge in [-0.15, -0.1) is 0 Å². The van der Waals surface area contributed by atoms with Gasteiger partial charge >= 0.3 is 0 Å². The molecule has 0 bridgehead atoms. The van der Waals surface area contributed by atoms with Crippen LogP contribution in [0.15, 0.2) is 24.3 Å². The van der Waals surface area contributed by atoms with Crippen molar-refractivity contribution in [2.45, 2.75) is 6.42 Å². The van der Waals surface area contributed by atoms with E-state index in [1.807, 2.05) is 0 Å². The molecule has 0 amide bonds. The van der Waals surface area contributed by atoms with Crippen LogP contribution >= 0.6 is 11.6 Å². The Morgan fingerprint density at radius 3 is 2.41 bits per heavy atom. The van der Waals surface area contributed by atoms with Gasteiger partial charge in [-0.3, -0.25) is 4.79 Å². The summed E-state index contributed by atoms with van der Waals surface area (Å²) in [5.41, 5.74) is 0. The second-order valence-corrected chi connectivity index (χ2v) is 6.36. The first-order valence-electron chi connectivity index (χ1n) is 4.94. The molecule has 1 rings (SSSR count). The average Bonchev–Trinajstić information content (AvgIpc) is 2.25. The molecule has 0 spiro atoms. The van der Waals surface area contributed by atoms with Crippen molar-refractivity contribution in [2.75, 3.05) is 18.6 Å². The minimum atomic E-state index is -3.10. The lowest BCUT2D eigenvalue weighted by molar-refractivity contribution is -0.120. The smallest absolute Gasteiger partial charge is 0.171 e. The molecular weight excluding hydrogens is 264 g/mol. The fourth-order valence-electron chi connectivity index (χ4n) is 1.07. The lowest BCUT2D eigenvalue weighted by Gasteiger charge is -2.05. The highest BCUT2D eigenvalue weighted by Crippen LogP contribution is 2.15. The van der Waals surface area contributed by atoms with Gasteiger partial charge in [-0.2, -0.15) is 0 Å². The number of rotatable bonds is 6. The third-order valence-electron chi connectivity index (χ3n) is 1.97. The number of ether oxygens (including phenoxy) is 1. The predicted molar refractivity (Wildman–Crippen MR) is 66.3 cm³/mol. The Labute approximate surface area is 105 Å². The van der Waals surface area contributed by atoms with Crippen LogP contribution in [0.4, 0.5) is 0 Å². The van der Waals surface area contributed by atoms with E-state index in [1.54, 1.807) is 24.3 Å². The van der Waals surface area contributed by atoms with E-state index in [1.165, 1.54) is 0 Å². The van der Waals surface area contributed by atoms with Crippen molar-refractivity contribution in [1.82, 2.24) is 0 Å². The molecule has 1 aromatic rings. The average molecular weight is 277 g/mol. The molecule has 0 saturated heterocycles. The Bertz CT molecular complexity index is 479. The predicted octanol–water partition coefficient (Wildman–Crippen LogP) is 1.72. The molecule has 4 nitrogen and oxygen atoms in total. The normalized spacial score (nSPS) is 11.2. The number of carbonyl (C=O) groups is 1. The van der Waals surface area contributed by atoms with E-state index in [0.29, 0.717) is 10.8 Å². The number of Topliss-reactive ketones (excluding diaryl/α,β-unsaturated/α-hetero) is 1. The molecule has 0 aliphatic carbocycles. The van der Waals surface area contributed by atoms with Crippen LogP contribution in [-0.4, -0.2) is 32.8 Å². The summed E-state index contributed by atoms with van der Waals surface area (Å²) in [5, 5.41) is 0.584. The van der Waals surface area contributed by atoms with Crippen LogP contribution < -0.4 is 4.74 Å². The van der Waals surface area contributed by atoms with Crippen molar-refractivity contribution < 1.29 is 17.9 Å². The maximum absolute atomic E-state index is 11.3. The standard InChI is InChI=1S/C11H13ClO4S/c1-17(14,15)7-6-10(13)8-16-11-4-2-9(12)3-5-11/h2-5H,6-8H2,1H3. The van der Waals surface area contributed by atoms with E-state index < -0.39 is 9.84 Å². The van der Waals surface area contributed by atoms with E-state index >= 15 is 0 Å². The van der Waals surface area contributed by atoms with Crippen molar-refractivity contribution in [3.8, 4) is 5.75 Å². The molecule has 17 heavy (non-hydrogen) atoms. The molecule has 0 radical (unpaired) electrons. The minimum absolute atomic E-state index is 0.0214. The monoisotopic (exact) mass is 276 g/mol. The zero-order valence-corrected chi connectivity index (χ0v) is 10.9. The number of benzene rings is 1. The van der Waals surface area contributed by atoms with Crippen LogP contribution in [0.1, 0.15) is 6.42 Å². The van der Waals surface area contributed by atoms with Crippen molar-refractivity contribution in [3.63, 3.8) is 0 Å². The lowest BCUT2D eigenvalue weighted by atomic mass is 10.3. The van der Waals surface area contributed by atoms with Crippen molar-refractivity contribution in [1.29, 1.82) is 0 Å². The van der Waals surface area contributed by atoms with Crippen molar-refractivity contribution >= 4 is 27.2 Å². The summed E-state index contributed by atoms with van der Waals surface area (Å²) < 4.78 is 26.9. The van der Waals surface area contributed by atoms with E-state index in [0.717, 1.165) is 6.26 Å². The summed E-state index contributed by atoms with van der Waals surface area (Å²) in [7, 11) is -3.10. The highest BCUT2D eigenvalue weighted by Gasteiger charge is 2.08. The Morgan fingerprint density at radius 1 is 1.29 bits per heavy atom. The van der Waals surface area contributed by atoms with Crippen LogP contribution in [0.3, 0.4) is 0 Å². The number of sulfone groups is 1. The summed E-state index contributed by atoms with van der Waals surface area (Å²) in [5.74, 6) is 0.142. The van der Waals surface area contributed by atoms with Crippen LogP contribution in [-0.2, 0) is 14.6 Å². The minimum Gasteiger partial charge on any atom is -0.486 e. The van der Waals surface area contributed by atoms with Gasteiger partial charge in [-0.1, -0.05) is 11.6 Å². The molecule has 0 aliphatic rings. The summed E-state index contributed by atoms with van der Waals surface area (Å²) in [4.78, 5) is 11.3. The van der Waals surface area contributed by atoms with Gasteiger partial charge in [0.15, 0.2) is 5.78 Å². The molecule has 94 valence electrons. The summed E-state index contributed by atoms with van der Waals surface area (Å²) >= 11 is 5.69. The van der Waals surface area contributed by atoms with Crippen LogP contribution in [0.5, 0.6) is 5.75 Å². The second-order valence-electron chi connectivity index (χ2n) is 3.66. The highest BCUT2D eigenvalue weighted by molar-refractivity contribution is 7.90. The lowest BCUT2D eigenvalue weighted by Crippen LogP contribution is -2.15. The molecule has 0 atom stereocenters. The van der Waals surface area contributed by atoms with Gasteiger partial charge in [0.25, 0.3) is 0 Å². The van der Waals surface area contributed by atoms with E-state index in [-0.39, 0.29) is 24.6 Å². The van der Waals surface area contributed by atoms with Crippen LogP contribution in [0.25, 0.3) is 0 Å². The second kappa shape index (κ2) is 6.02. The molecule has 0 heterocycles. The molecule has 0 aromatic heterocycles. The number of halogens is 1. The Balaban J connectivity index is 2.36. The molecule has 0 saturated carbocycles. The van der Waals surface area contributed by atoms with Crippen LogP contribution in [0, 0.1) is 0 Å². The maximum Gasteiger partial charge on any atom is 0.171 e. The van der Waals surface area contributed by atoms with Crippen molar-refractivity contribution in [2.24, 2.45) is 0 Å². The summed E-state index contributed by atoms with van der Waals surface area (Å²) in [6, 6.07) is 6.59. The zero-order chi connectivity index (χ0) is 12.9. The van der Waals surface area contributed by atoms with Gasteiger partial charge in [0, 0.05) is 17.7 Å². The third kappa shape index (κ3) is 6.28. The molecule has 6 heteroatoms. The zero-order valence-electron chi connectivity index (χ0n) is 9.35. The number of hydrogen-bond donors (Lipinski definition) is 0. The third-order valence-corrected chi connectivity index (χ3v) is 3.16. The molecule has 0 fully saturated rings. The van der Waals surface area contributed by atoms with E-state index in [4.69, 9.17) is 16.3 Å². The largest absolute Gasteiger partial charge is 0.486 e. The molecule has 1 aromatic carbocycles. The SMILES string of the molecule is CS(=O)(=O)CCC(=O)COc1ccc(Cl)cc1. The molecule has 0 unspecified atom stereocenters. The number of ketones is 1.